The molecule has 2 atom stereocenters. The van der Waals surface area contributed by atoms with Gasteiger partial charge in [0.1, 0.15) is 11.8 Å². The van der Waals surface area contributed by atoms with E-state index >= 15 is 0 Å². The Morgan fingerprint density at radius 3 is 2.36 bits per heavy atom. The van der Waals surface area contributed by atoms with Gasteiger partial charge < -0.3 is 14.6 Å². The number of likely N-dealkylation sites (tertiary alicyclic amines) is 1. The first-order valence-corrected chi connectivity index (χ1v) is 11.5. The van der Waals surface area contributed by atoms with E-state index in [0.717, 1.165) is 49.1 Å². The van der Waals surface area contributed by atoms with E-state index in [1.54, 1.807) is 20.9 Å². The van der Waals surface area contributed by atoms with E-state index in [4.69, 9.17) is 4.84 Å². The van der Waals surface area contributed by atoms with Gasteiger partial charge in [0.25, 0.3) is 5.91 Å². The Labute approximate surface area is 195 Å². The lowest BCUT2D eigenvalue weighted by Crippen LogP contribution is -2.48. The molecule has 9 nitrogen and oxygen atoms in total. The largest absolute Gasteiger partial charge is 0.327 e. The zero-order chi connectivity index (χ0) is 24.0. The molecule has 9 heteroatoms. The summed E-state index contributed by atoms with van der Waals surface area (Å²) in [5.74, 6) is -2.51. The van der Waals surface area contributed by atoms with Gasteiger partial charge in [0, 0.05) is 26.1 Å². The van der Waals surface area contributed by atoms with Crippen molar-refractivity contribution in [2.75, 3.05) is 33.2 Å². The van der Waals surface area contributed by atoms with Crippen molar-refractivity contribution in [2.24, 2.45) is 11.8 Å². The molecule has 1 aromatic carbocycles. The van der Waals surface area contributed by atoms with E-state index in [1.165, 1.54) is 4.90 Å². The lowest BCUT2D eigenvalue weighted by atomic mass is 9.90. The minimum absolute atomic E-state index is 0.161. The summed E-state index contributed by atoms with van der Waals surface area (Å²) in [4.78, 5) is 60.9. The fourth-order valence-corrected chi connectivity index (χ4v) is 4.30. The van der Waals surface area contributed by atoms with E-state index < -0.39 is 29.3 Å². The molecule has 2 saturated heterocycles. The maximum absolute atomic E-state index is 13.1. The number of hydrogen-bond acceptors (Lipinski definition) is 6. The fraction of sp³-hybridized carbons (Fsp3) is 0.583. The highest BCUT2D eigenvalue weighted by molar-refractivity contribution is 6.06. The standard InChI is InChI=1S/C24H34N4O5/c1-24(2)22(31)28(23(32)26(24)3)15-20(19(16-29)14-27-12-8-5-9-13-27)21(30)25-33-17-18-10-6-4-7-11-18/h4,6-7,10-11,16,19-20H,5,8-9,12-15,17H2,1-3H3,(H,25,30)/t19?,20-/m0/s1. The molecule has 0 bridgehead atoms. The quantitative estimate of drug-likeness (QED) is 0.326. The molecule has 0 aliphatic carbocycles. The number of nitrogens with one attached hydrogen (secondary N) is 1. The molecule has 0 aromatic heterocycles. The molecule has 0 radical (unpaired) electrons. The molecule has 2 aliphatic rings. The van der Waals surface area contributed by atoms with E-state index in [2.05, 4.69) is 10.4 Å². The first-order chi connectivity index (χ1) is 15.8. The number of rotatable bonds is 10. The minimum Gasteiger partial charge on any atom is -0.313 e. The van der Waals surface area contributed by atoms with Crippen LogP contribution >= 0.6 is 0 Å². The molecule has 1 unspecified atom stereocenters. The van der Waals surface area contributed by atoms with Gasteiger partial charge in [0.05, 0.1) is 12.5 Å². The van der Waals surface area contributed by atoms with Crippen LogP contribution in [0.3, 0.4) is 0 Å². The average Bonchev–Trinajstić information content (AvgIpc) is 2.96. The van der Waals surface area contributed by atoms with Crippen molar-refractivity contribution in [3.8, 4) is 0 Å². The van der Waals surface area contributed by atoms with Gasteiger partial charge in [0.15, 0.2) is 0 Å². The molecule has 3 rings (SSSR count). The predicted octanol–water partition coefficient (Wildman–Crippen LogP) is 1.82. The van der Waals surface area contributed by atoms with Crippen LogP contribution in [-0.2, 0) is 25.8 Å². The van der Waals surface area contributed by atoms with E-state index in [1.807, 2.05) is 30.3 Å². The van der Waals surface area contributed by atoms with Crippen LogP contribution in [-0.4, -0.2) is 77.6 Å². The molecular formula is C24H34N4O5. The third-order valence-electron chi connectivity index (χ3n) is 6.70. The Morgan fingerprint density at radius 2 is 1.79 bits per heavy atom. The van der Waals surface area contributed by atoms with Gasteiger partial charge in [-0.3, -0.25) is 19.3 Å². The van der Waals surface area contributed by atoms with Crippen LogP contribution in [0.5, 0.6) is 0 Å². The number of hydrogen-bond donors (Lipinski definition) is 1. The number of aldehydes is 1. The monoisotopic (exact) mass is 458 g/mol. The minimum atomic E-state index is -1.01. The topological polar surface area (TPSA) is 99.3 Å². The smallest absolute Gasteiger partial charge is 0.313 e. The second-order valence-corrected chi connectivity index (χ2v) is 9.32. The third-order valence-corrected chi connectivity index (χ3v) is 6.70. The number of carbonyl (C=O) groups is 4. The van der Waals surface area contributed by atoms with Crippen molar-refractivity contribution in [3.05, 3.63) is 35.9 Å². The van der Waals surface area contributed by atoms with Gasteiger partial charge in [-0.1, -0.05) is 36.8 Å². The lowest BCUT2D eigenvalue weighted by molar-refractivity contribution is -0.144. The number of imide groups is 1. The van der Waals surface area contributed by atoms with Crippen molar-refractivity contribution in [1.29, 1.82) is 0 Å². The first-order valence-electron chi connectivity index (χ1n) is 11.5. The molecular weight excluding hydrogens is 424 g/mol. The third kappa shape index (κ3) is 5.78. The first kappa shape index (κ1) is 24.9. The Kier molecular flexibility index (Phi) is 8.20. The zero-order valence-corrected chi connectivity index (χ0v) is 19.7. The number of nitrogens with zero attached hydrogens (tertiary/aromatic N) is 3. The summed E-state index contributed by atoms with van der Waals surface area (Å²) < 4.78 is 0. The summed E-state index contributed by atoms with van der Waals surface area (Å²) in [6, 6.07) is 8.88. The van der Waals surface area contributed by atoms with Gasteiger partial charge in [-0.2, -0.15) is 0 Å². The Balaban J connectivity index is 1.74. The summed E-state index contributed by atoms with van der Waals surface area (Å²) in [7, 11) is 1.56. The van der Waals surface area contributed by atoms with Crippen molar-refractivity contribution in [3.63, 3.8) is 0 Å². The Hall–Kier alpha value is -2.78. The normalized spacial score (nSPS) is 20.6. The molecule has 0 saturated carbocycles. The number of hydroxylamine groups is 1. The number of carbonyl (C=O) groups excluding carboxylic acids is 4. The van der Waals surface area contributed by atoms with Gasteiger partial charge in [0.2, 0.25) is 5.91 Å². The maximum atomic E-state index is 13.1. The van der Waals surface area contributed by atoms with Crippen molar-refractivity contribution >= 4 is 24.1 Å². The molecule has 0 spiro atoms. The van der Waals surface area contributed by atoms with E-state index in [0.29, 0.717) is 6.54 Å². The van der Waals surface area contributed by atoms with Crippen LogP contribution in [0.4, 0.5) is 4.79 Å². The highest BCUT2D eigenvalue weighted by atomic mass is 16.6. The zero-order valence-electron chi connectivity index (χ0n) is 19.7. The van der Waals surface area contributed by atoms with Crippen LogP contribution in [0.15, 0.2) is 30.3 Å². The van der Waals surface area contributed by atoms with Crippen molar-refractivity contribution in [2.45, 2.75) is 45.3 Å². The maximum Gasteiger partial charge on any atom is 0.327 e. The van der Waals surface area contributed by atoms with Crippen LogP contribution in [0, 0.1) is 11.8 Å². The van der Waals surface area contributed by atoms with Gasteiger partial charge >= 0.3 is 6.03 Å². The summed E-state index contributed by atoms with van der Waals surface area (Å²) in [5, 5.41) is 0. The highest BCUT2D eigenvalue weighted by Gasteiger charge is 2.50. The molecule has 1 N–H and O–H groups in total. The second kappa shape index (κ2) is 10.9. The average molecular weight is 459 g/mol. The van der Waals surface area contributed by atoms with Crippen molar-refractivity contribution < 1.29 is 24.0 Å². The number of benzene rings is 1. The molecule has 33 heavy (non-hydrogen) atoms. The predicted molar refractivity (Wildman–Crippen MR) is 122 cm³/mol. The van der Waals surface area contributed by atoms with Gasteiger partial charge in [-0.25, -0.2) is 10.3 Å². The highest BCUT2D eigenvalue weighted by Crippen LogP contribution is 2.28. The molecule has 4 amide bonds. The summed E-state index contributed by atoms with van der Waals surface area (Å²) in [6.45, 7) is 5.43. The molecule has 2 heterocycles. The Morgan fingerprint density at radius 1 is 1.12 bits per heavy atom. The number of amides is 4. The van der Waals surface area contributed by atoms with Crippen LogP contribution < -0.4 is 5.48 Å². The number of piperidine rings is 1. The van der Waals surface area contributed by atoms with Crippen LogP contribution in [0.2, 0.25) is 0 Å². The second-order valence-electron chi connectivity index (χ2n) is 9.32. The molecule has 180 valence electrons. The van der Waals surface area contributed by atoms with E-state index in [9.17, 15) is 19.2 Å². The Bertz CT molecular complexity index is 854. The summed E-state index contributed by atoms with van der Waals surface area (Å²) >= 11 is 0. The molecule has 1 aromatic rings. The molecule has 2 fully saturated rings. The van der Waals surface area contributed by atoms with Gasteiger partial charge in [-0.15, -0.1) is 0 Å². The SMILES string of the molecule is CN1C(=O)N(C[C@H](C(=O)NOCc2ccccc2)C(C=O)CN2CCCCC2)C(=O)C1(C)C. The van der Waals surface area contributed by atoms with Crippen LogP contribution in [0.1, 0.15) is 38.7 Å². The lowest BCUT2D eigenvalue weighted by Gasteiger charge is -2.32. The van der Waals surface area contributed by atoms with Gasteiger partial charge in [-0.05, 0) is 45.3 Å². The number of urea groups is 1. The summed E-state index contributed by atoms with van der Waals surface area (Å²) in [6.07, 6.45) is 4.00. The summed E-state index contributed by atoms with van der Waals surface area (Å²) in [5.41, 5.74) is 2.31. The van der Waals surface area contributed by atoms with Crippen LogP contribution in [0.25, 0.3) is 0 Å². The van der Waals surface area contributed by atoms with Crippen molar-refractivity contribution in [1.82, 2.24) is 20.2 Å². The number of likely N-dealkylation sites (N-methyl/N-ethyl adjacent to an activating group) is 1. The molecule has 2 aliphatic heterocycles. The van der Waals surface area contributed by atoms with E-state index in [-0.39, 0.29) is 19.1 Å². The fourth-order valence-electron chi connectivity index (χ4n) is 4.30.